The Labute approximate surface area is 152 Å². The normalized spacial score (nSPS) is 11.6. The van der Waals surface area contributed by atoms with Crippen molar-refractivity contribution in [2.24, 2.45) is 0 Å². The number of likely N-dealkylation sites (N-methyl/N-ethyl adjacent to an activating group) is 1. The maximum atomic E-state index is 12.5. The molecule has 0 spiro atoms. The number of nitrogens with zero attached hydrogens (tertiary/aromatic N) is 1. The lowest BCUT2D eigenvalue weighted by Gasteiger charge is -2.22. The first-order valence-electron chi connectivity index (χ1n) is 8.20. The standard InChI is InChI=1S/C19H24N2O3S/c1-14-7-4-5-8-17(14)24-11-10-21(3)19(23)13-16(20-15(2)22)18-9-6-12-25-18/h4-9,12,16H,10-11,13H2,1-3H3,(H,20,22). The van der Waals surface area contributed by atoms with Crippen molar-refractivity contribution in [2.45, 2.75) is 26.3 Å². The Morgan fingerprint density at radius 3 is 2.64 bits per heavy atom. The van der Waals surface area contributed by atoms with Gasteiger partial charge in [0.25, 0.3) is 0 Å². The van der Waals surface area contributed by atoms with Crippen LogP contribution in [0.4, 0.5) is 0 Å². The molecular weight excluding hydrogens is 336 g/mol. The molecule has 0 radical (unpaired) electrons. The van der Waals surface area contributed by atoms with E-state index in [9.17, 15) is 9.59 Å². The highest BCUT2D eigenvalue weighted by molar-refractivity contribution is 7.10. The molecule has 1 N–H and O–H groups in total. The summed E-state index contributed by atoms with van der Waals surface area (Å²) in [6, 6.07) is 11.4. The van der Waals surface area contributed by atoms with Gasteiger partial charge in [-0.05, 0) is 30.0 Å². The Morgan fingerprint density at radius 1 is 1.24 bits per heavy atom. The van der Waals surface area contributed by atoms with Crippen molar-refractivity contribution < 1.29 is 14.3 Å². The summed E-state index contributed by atoms with van der Waals surface area (Å²) in [6.45, 7) is 4.37. The van der Waals surface area contributed by atoms with Crippen molar-refractivity contribution in [2.75, 3.05) is 20.2 Å². The number of aryl methyl sites for hydroxylation is 1. The second-order valence-electron chi connectivity index (χ2n) is 5.90. The van der Waals surface area contributed by atoms with E-state index in [1.165, 1.54) is 18.3 Å². The average molecular weight is 360 g/mol. The van der Waals surface area contributed by atoms with Crippen LogP contribution in [0.2, 0.25) is 0 Å². The molecule has 1 aromatic heterocycles. The van der Waals surface area contributed by atoms with Crippen LogP contribution in [-0.4, -0.2) is 36.9 Å². The number of thiophene rings is 1. The Kier molecular flexibility index (Phi) is 7.01. The van der Waals surface area contributed by atoms with Gasteiger partial charge in [-0.3, -0.25) is 9.59 Å². The number of benzene rings is 1. The topological polar surface area (TPSA) is 58.6 Å². The highest BCUT2D eigenvalue weighted by Crippen LogP contribution is 2.22. The van der Waals surface area contributed by atoms with Gasteiger partial charge < -0.3 is 15.0 Å². The quantitative estimate of drug-likeness (QED) is 0.787. The highest BCUT2D eigenvalue weighted by Gasteiger charge is 2.20. The summed E-state index contributed by atoms with van der Waals surface area (Å²) < 4.78 is 5.74. The molecule has 0 fully saturated rings. The lowest BCUT2D eigenvalue weighted by Crippen LogP contribution is -2.35. The van der Waals surface area contributed by atoms with Crippen molar-refractivity contribution in [3.8, 4) is 5.75 Å². The summed E-state index contributed by atoms with van der Waals surface area (Å²) in [5.41, 5.74) is 1.07. The highest BCUT2D eigenvalue weighted by atomic mass is 32.1. The van der Waals surface area contributed by atoms with Gasteiger partial charge in [0, 0.05) is 18.8 Å². The van der Waals surface area contributed by atoms with Crippen LogP contribution in [0.1, 0.15) is 29.8 Å². The Hall–Kier alpha value is -2.34. The minimum absolute atomic E-state index is 0.0273. The lowest BCUT2D eigenvalue weighted by atomic mass is 10.1. The predicted molar refractivity (Wildman–Crippen MR) is 99.8 cm³/mol. The molecule has 2 rings (SSSR count). The molecule has 2 amide bonds. The largest absolute Gasteiger partial charge is 0.491 e. The summed E-state index contributed by atoms with van der Waals surface area (Å²) in [6.07, 6.45) is 0.237. The van der Waals surface area contributed by atoms with Gasteiger partial charge >= 0.3 is 0 Å². The number of amides is 2. The van der Waals surface area contributed by atoms with Crippen molar-refractivity contribution in [3.05, 3.63) is 52.2 Å². The molecule has 1 atom stereocenters. The molecule has 1 heterocycles. The van der Waals surface area contributed by atoms with Gasteiger partial charge in [0.1, 0.15) is 12.4 Å². The molecule has 0 saturated heterocycles. The molecule has 134 valence electrons. The summed E-state index contributed by atoms with van der Waals surface area (Å²) >= 11 is 1.53. The van der Waals surface area contributed by atoms with Gasteiger partial charge in [-0.15, -0.1) is 11.3 Å². The van der Waals surface area contributed by atoms with Crippen molar-refractivity contribution in [1.29, 1.82) is 0 Å². The molecule has 5 nitrogen and oxygen atoms in total. The van der Waals surface area contributed by atoms with Crippen LogP contribution < -0.4 is 10.1 Å². The van der Waals surface area contributed by atoms with Crippen molar-refractivity contribution in [1.82, 2.24) is 10.2 Å². The monoisotopic (exact) mass is 360 g/mol. The smallest absolute Gasteiger partial charge is 0.224 e. The Balaban J connectivity index is 1.85. The number of hydrogen-bond donors (Lipinski definition) is 1. The van der Waals surface area contributed by atoms with E-state index in [4.69, 9.17) is 4.74 Å². The van der Waals surface area contributed by atoms with Crippen LogP contribution >= 0.6 is 11.3 Å². The fourth-order valence-corrected chi connectivity index (χ4v) is 3.20. The van der Waals surface area contributed by atoms with Gasteiger partial charge in [0.2, 0.25) is 11.8 Å². The van der Waals surface area contributed by atoms with Crippen LogP contribution in [0.3, 0.4) is 0 Å². The van der Waals surface area contributed by atoms with E-state index in [-0.39, 0.29) is 24.3 Å². The number of nitrogens with one attached hydrogen (secondary N) is 1. The Morgan fingerprint density at radius 2 is 2.00 bits per heavy atom. The van der Waals surface area contributed by atoms with Crippen molar-refractivity contribution >= 4 is 23.2 Å². The maximum absolute atomic E-state index is 12.5. The van der Waals surface area contributed by atoms with Gasteiger partial charge in [-0.2, -0.15) is 0 Å². The van der Waals surface area contributed by atoms with Gasteiger partial charge in [-0.25, -0.2) is 0 Å². The minimum atomic E-state index is -0.287. The van der Waals surface area contributed by atoms with E-state index in [0.29, 0.717) is 13.2 Å². The molecule has 0 aliphatic carbocycles. The average Bonchev–Trinajstić information content (AvgIpc) is 3.10. The van der Waals surface area contributed by atoms with Crippen LogP contribution in [0.15, 0.2) is 41.8 Å². The molecule has 6 heteroatoms. The predicted octanol–water partition coefficient (Wildman–Crippen LogP) is 3.16. The fourth-order valence-electron chi connectivity index (χ4n) is 2.42. The summed E-state index contributed by atoms with van der Waals surface area (Å²) in [7, 11) is 1.75. The van der Waals surface area contributed by atoms with Crippen LogP contribution in [0.25, 0.3) is 0 Å². The lowest BCUT2D eigenvalue weighted by molar-refractivity contribution is -0.131. The minimum Gasteiger partial charge on any atom is -0.491 e. The zero-order chi connectivity index (χ0) is 18.2. The SMILES string of the molecule is CC(=O)NC(CC(=O)N(C)CCOc1ccccc1C)c1cccs1. The van der Waals surface area contributed by atoms with Crippen LogP contribution in [0, 0.1) is 6.92 Å². The van der Waals surface area contributed by atoms with E-state index >= 15 is 0 Å². The number of carbonyl (C=O) groups is 2. The summed E-state index contributed by atoms with van der Waals surface area (Å²) in [4.78, 5) is 26.5. The fraction of sp³-hybridized carbons (Fsp3) is 0.368. The summed E-state index contributed by atoms with van der Waals surface area (Å²) in [5.74, 6) is 0.662. The molecule has 1 aromatic carbocycles. The number of ether oxygens (including phenoxy) is 1. The number of para-hydroxylation sites is 1. The second-order valence-corrected chi connectivity index (χ2v) is 6.88. The Bertz CT molecular complexity index is 700. The van der Waals surface area contributed by atoms with E-state index in [1.807, 2.05) is 48.7 Å². The third-order valence-electron chi connectivity index (χ3n) is 3.85. The zero-order valence-electron chi connectivity index (χ0n) is 14.8. The van der Waals surface area contributed by atoms with E-state index < -0.39 is 0 Å². The summed E-state index contributed by atoms with van der Waals surface area (Å²) in [5, 5.41) is 4.79. The van der Waals surface area contributed by atoms with Crippen LogP contribution in [0.5, 0.6) is 5.75 Å². The molecular formula is C19H24N2O3S. The van der Waals surface area contributed by atoms with E-state index in [0.717, 1.165) is 16.2 Å². The zero-order valence-corrected chi connectivity index (χ0v) is 15.6. The molecule has 2 aromatic rings. The van der Waals surface area contributed by atoms with Gasteiger partial charge in [-0.1, -0.05) is 24.3 Å². The van der Waals surface area contributed by atoms with E-state index in [2.05, 4.69) is 5.32 Å². The maximum Gasteiger partial charge on any atom is 0.224 e. The number of rotatable bonds is 8. The molecule has 0 aliphatic rings. The third-order valence-corrected chi connectivity index (χ3v) is 4.83. The van der Waals surface area contributed by atoms with Gasteiger partial charge in [0.05, 0.1) is 19.0 Å². The van der Waals surface area contributed by atoms with Crippen molar-refractivity contribution in [3.63, 3.8) is 0 Å². The van der Waals surface area contributed by atoms with Gasteiger partial charge in [0.15, 0.2) is 0 Å². The molecule has 0 bridgehead atoms. The van der Waals surface area contributed by atoms with E-state index in [1.54, 1.807) is 11.9 Å². The van der Waals surface area contributed by atoms with Crippen LogP contribution in [-0.2, 0) is 9.59 Å². The molecule has 0 aliphatic heterocycles. The first kappa shape index (κ1) is 19.0. The number of hydrogen-bond acceptors (Lipinski definition) is 4. The first-order chi connectivity index (χ1) is 12.0. The molecule has 25 heavy (non-hydrogen) atoms. The molecule has 0 saturated carbocycles. The first-order valence-corrected chi connectivity index (χ1v) is 9.08. The number of carbonyl (C=O) groups excluding carboxylic acids is 2. The third kappa shape index (κ3) is 5.90. The molecule has 1 unspecified atom stereocenters. The second kappa shape index (κ2) is 9.22.